The van der Waals surface area contributed by atoms with Gasteiger partial charge in [0.1, 0.15) is 0 Å². The quantitative estimate of drug-likeness (QED) is 0.778. The predicted molar refractivity (Wildman–Crippen MR) is 90.8 cm³/mol. The molecule has 1 N–H and O–H groups in total. The summed E-state index contributed by atoms with van der Waals surface area (Å²) in [5, 5.41) is 3.53. The van der Waals surface area contributed by atoms with Gasteiger partial charge in [-0.3, -0.25) is 0 Å². The minimum atomic E-state index is 0.425. The van der Waals surface area contributed by atoms with Crippen LogP contribution in [-0.4, -0.2) is 11.1 Å². The fourth-order valence-corrected chi connectivity index (χ4v) is 2.51. The highest BCUT2D eigenvalue weighted by atomic mass is 15.0. The monoisotopic (exact) mass is 284 g/mol. The van der Waals surface area contributed by atoms with E-state index >= 15 is 0 Å². The summed E-state index contributed by atoms with van der Waals surface area (Å²) in [5.41, 5.74) is 4.13. The number of rotatable bonds is 7. The SMILES string of the molecule is CCCNC(C)c1ccn(Cc2ccc(C(C)C)cc2)c1. The summed E-state index contributed by atoms with van der Waals surface area (Å²) in [6, 6.07) is 11.6. The first-order chi connectivity index (χ1) is 10.1. The third kappa shape index (κ3) is 4.47. The van der Waals surface area contributed by atoms with Gasteiger partial charge in [-0.15, -0.1) is 0 Å². The first-order valence-corrected chi connectivity index (χ1v) is 8.08. The molecule has 0 aliphatic carbocycles. The van der Waals surface area contributed by atoms with Crippen molar-refractivity contribution < 1.29 is 0 Å². The summed E-state index contributed by atoms with van der Waals surface area (Å²) in [7, 11) is 0. The van der Waals surface area contributed by atoms with Gasteiger partial charge in [0.25, 0.3) is 0 Å². The lowest BCUT2D eigenvalue weighted by molar-refractivity contribution is 0.569. The Balaban J connectivity index is 1.98. The molecule has 114 valence electrons. The molecule has 2 aromatic rings. The second-order valence-corrected chi connectivity index (χ2v) is 6.19. The normalized spacial score (nSPS) is 12.8. The molecule has 0 spiro atoms. The summed E-state index contributed by atoms with van der Waals surface area (Å²) >= 11 is 0. The molecule has 0 bridgehead atoms. The van der Waals surface area contributed by atoms with Gasteiger partial charge in [-0.2, -0.15) is 0 Å². The van der Waals surface area contributed by atoms with E-state index in [4.69, 9.17) is 0 Å². The first-order valence-electron chi connectivity index (χ1n) is 8.08. The molecule has 2 nitrogen and oxygen atoms in total. The van der Waals surface area contributed by atoms with Crippen LogP contribution in [0.25, 0.3) is 0 Å². The smallest absolute Gasteiger partial charge is 0.0470 e. The Morgan fingerprint density at radius 3 is 2.33 bits per heavy atom. The maximum Gasteiger partial charge on any atom is 0.0470 e. The van der Waals surface area contributed by atoms with Crippen LogP contribution in [0.15, 0.2) is 42.7 Å². The van der Waals surface area contributed by atoms with Crippen LogP contribution in [0.1, 0.15) is 62.8 Å². The molecule has 1 heterocycles. The van der Waals surface area contributed by atoms with Gasteiger partial charge in [0.05, 0.1) is 0 Å². The number of hydrogen-bond donors (Lipinski definition) is 1. The summed E-state index contributed by atoms with van der Waals surface area (Å²) in [6.45, 7) is 10.9. The molecule has 0 aliphatic rings. The number of nitrogens with zero attached hydrogens (tertiary/aromatic N) is 1. The van der Waals surface area contributed by atoms with Crippen LogP contribution in [0.2, 0.25) is 0 Å². The van der Waals surface area contributed by atoms with Crippen molar-refractivity contribution >= 4 is 0 Å². The highest BCUT2D eigenvalue weighted by Gasteiger charge is 2.06. The van der Waals surface area contributed by atoms with E-state index in [1.807, 2.05) is 0 Å². The largest absolute Gasteiger partial charge is 0.350 e. The van der Waals surface area contributed by atoms with Gasteiger partial charge >= 0.3 is 0 Å². The van der Waals surface area contributed by atoms with Crippen molar-refractivity contribution in [2.75, 3.05) is 6.54 Å². The zero-order valence-corrected chi connectivity index (χ0v) is 13.8. The Kier molecular flexibility index (Phi) is 5.63. The van der Waals surface area contributed by atoms with Crippen molar-refractivity contribution in [3.8, 4) is 0 Å². The fourth-order valence-electron chi connectivity index (χ4n) is 2.51. The molecule has 0 saturated heterocycles. The minimum Gasteiger partial charge on any atom is -0.350 e. The molecule has 2 heteroatoms. The standard InChI is InChI=1S/C19H28N2/c1-5-11-20-16(4)19-10-12-21(14-19)13-17-6-8-18(9-7-17)15(2)3/h6-10,12,14-16,20H,5,11,13H2,1-4H3. The Labute approximate surface area is 129 Å². The van der Waals surface area contributed by atoms with Gasteiger partial charge in [0.15, 0.2) is 0 Å². The molecule has 0 aliphatic heterocycles. The van der Waals surface area contributed by atoms with Gasteiger partial charge in [-0.05, 0) is 48.6 Å². The molecule has 0 fully saturated rings. The van der Waals surface area contributed by atoms with E-state index in [1.165, 1.54) is 23.1 Å². The Bertz CT molecular complexity index is 537. The lowest BCUT2D eigenvalue weighted by Gasteiger charge is -2.11. The Morgan fingerprint density at radius 2 is 1.71 bits per heavy atom. The van der Waals surface area contributed by atoms with Crippen molar-refractivity contribution in [1.29, 1.82) is 0 Å². The van der Waals surface area contributed by atoms with Crippen molar-refractivity contribution in [2.45, 2.75) is 52.6 Å². The van der Waals surface area contributed by atoms with Gasteiger partial charge in [0, 0.05) is 25.0 Å². The van der Waals surface area contributed by atoms with E-state index in [0.717, 1.165) is 13.1 Å². The Morgan fingerprint density at radius 1 is 1.00 bits per heavy atom. The van der Waals surface area contributed by atoms with Gasteiger partial charge < -0.3 is 9.88 Å². The van der Waals surface area contributed by atoms with Crippen LogP contribution in [0.4, 0.5) is 0 Å². The van der Waals surface area contributed by atoms with E-state index in [2.05, 4.69) is 80.3 Å². The van der Waals surface area contributed by atoms with Gasteiger partial charge in [0.2, 0.25) is 0 Å². The Hall–Kier alpha value is -1.54. The van der Waals surface area contributed by atoms with Crippen LogP contribution < -0.4 is 5.32 Å². The summed E-state index contributed by atoms with van der Waals surface area (Å²) < 4.78 is 2.27. The third-order valence-electron chi connectivity index (χ3n) is 3.99. The number of benzene rings is 1. The summed E-state index contributed by atoms with van der Waals surface area (Å²) in [4.78, 5) is 0. The number of nitrogens with one attached hydrogen (secondary N) is 1. The molecule has 0 saturated carbocycles. The highest BCUT2D eigenvalue weighted by molar-refractivity contribution is 5.25. The molecule has 1 aromatic heterocycles. The van der Waals surface area contributed by atoms with Crippen molar-refractivity contribution in [2.24, 2.45) is 0 Å². The predicted octanol–water partition coefficient (Wildman–Crippen LogP) is 4.72. The van der Waals surface area contributed by atoms with Crippen LogP contribution in [0.3, 0.4) is 0 Å². The van der Waals surface area contributed by atoms with Gasteiger partial charge in [-0.1, -0.05) is 45.0 Å². The average molecular weight is 284 g/mol. The topological polar surface area (TPSA) is 17.0 Å². The molecule has 0 amide bonds. The van der Waals surface area contributed by atoms with E-state index < -0.39 is 0 Å². The molecule has 1 unspecified atom stereocenters. The van der Waals surface area contributed by atoms with Crippen molar-refractivity contribution in [3.63, 3.8) is 0 Å². The average Bonchev–Trinajstić information content (AvgIpc) is 2.94. The summed E-state index contributed by atoms with van der Waals surface area (Å²) in [6.07, 6.45) is 5.60. The van der Waals surface area contributed by atoms with E-state index in [9.17, 15) is 0 Å². The summed E-state index contributed by atoms with van der Waals surface area (Å²) in [5.74, 6) is 0.600. The van der Waals surface area contributed by atoms with E-state index in [-0.39, 0.29) is 0 Å². The van der Waals surface area contributed by atoms with E-state index in [0.29, 0.717) is 12.0 Å². The number of aromatic nitrogens is 1. The minimum absolute atomic E-state index is 0.425. The maximum absolute atomic E-state index is 3.53. The lowest BCUT2D eigenvalue weighted by Crippen LogP contribution is -2.18. The maximum atomic E-state index is 3.53. The van der Waals surface area contributed by atoms with Crippen LogP contribution in [0, 0.1) is 0 Å². The second kappa shape index (κ2) is 7.46. The molecule has 21 heavy (non-hydrogen) atoms. The van der Waals surface area contributed by atoms with E-state index in [1.54, 1.807) is 0 Å². The number of hydrogen-bond acceptors (Lipinski definition) is 1. The van der Waals surface area contributed by atoms with Crippen molar-refractivity contribution in [1.82, 2.24) is 9.88 Å². The third-order valence-corrected chi connectivity index (χ3v) is 3.99. The molecule has 1 aromatic carbocycles. The van der Waals surface area contributed by atoms with Crippen LogP contribution in [-0.2, 0) is 6.54 Å². The highest BCUT2D eigenvalue weighted by Crippen LogP contribution is 2.17. The second-order valence-electron chi connectivity index (χ2n) is 6.19. The molecule has 2 rings (SSSR count). The van der Waals surface area contributed by atoms with Crippen LogP contribution >= 0.6 is 0 Å². The van der Waals surface area contributed by atoms with Gasteiger partial charge in [-0.25, -0.2) is 0 Å². The first kappa shape index (κ1) is 15.8. The zero-order chi connectivity index (χ0) is 15.2. The molecular weight excluding hydrogens is 256 g/mol. The molecule has 1 atom stereocenters. The van der Waals surface area contributed by atoms with Crippen molar-refractivity contribution in [3.05, 3.63) is 59.4 Å². The lowest BCUT2D eigenvalue weighted by atomic mass is 10.0. The van der Waals surface area contributed by atoms with Crippen LogP contribution in [0.5, 0.6) is 0 Å². The molecular formula is C19H28N2. The zero-order valence-electron chi connectivity index (χ0n) is 13.8. The molecule has 0 radical (unpaired) electrons. The fraction of sp³-hybridized carbons (Fsp3) is 0.474.